The molecule has 23 heavy (non-hydrogen) atoms. The van der Waals surface area contributed by atoms with E-state index in [0.717, 1.165) is 29.1 Å². The third kappa shape index (κ3) is 3.64. The molecule has 0 saturated heterocycles. The van der Waals surface area contributed by atoms with Crippen molar-refractivity contribution in [2.75, 3.05) is 13.7 Å². The zero-order valence-corrected chi connectivity index (χ0v) is 13.7. The van der Waals surface area contributed by atoms with Crippen LogP contribution in [0.3, 0.4) is 0 Å². The Balaban J connectivity index is 1.78. The van der Waals surface area contributed by atoms with Crippen molar-refractivity contribution in [3.63, 3.8) is 0 Å². The zero-order valence-electron chi connectivity index (χ0n) is 12.9. The lowest BCUT2D eigenvalue weighted by molar-refractivity contribution is 0.331. The highest BCUT2D eigenvalue weighted by atomic mass is 32.1. The van der Waals surface area contributed by atoms with E-state index in [1.54, 1.807) is 18.4 Å². The second kappa shape index (κ2) is 7.17. The van der Waals surface area contributed by atoms with E-state index >= 15 is 0 Å². The minimum Gasteiger partial charge on any atom is -0.493 e. The maximum atomic E-state index is 5.45. The molecule has 0 saturated carbocycles. The fraction of sp³-hybridized carbons (Fsp3) is 0.211. The number of fused-ring (bicyclic) bond motifs is 1. The van der Waals surface area contributed by atoms with Crippen LogP contribution in [0.15, 0.2) is 24.3 Å². The number of aromatic nitrogens is 1. The molecule has 0 bridgehead atoms. The van der Waals surface area contributed by atoms with Crippen LogP contribution in [0.4, 0.5) is 0 Å². The van der Waals surface area contributed by atoms with E-state index in [0.29, 0.717) is 11.5 Å². The second-order valence-electron chi connectivity index (χ2n) is 5.04. The van der Waals surface area contributed by atoms with Crippen molar-refractivity contribution in [1.82, 2.24) is 4.98 Å². The summed E-state index contributed by atoms with van der Waals surface area (Å²) in [6.45, 7) is 0.226. The van der Waals surface area contributed by atoms with E-state index in [1.165, 1.54) is 4.88 Å². The van der Waals surface area contributed by atoms with Crippen LogP contribution in [-0.4, -0.2) is 18.7 Å². The number of ether oxygens (including phenoxy) is 2. The molecule has 0 aliphatic heterocycles. The number of terminal acetylenes is 1. The number of hydrogen-bond donors (Lipinski definition) is 0. The molecule has 1 aromatic heterocycles. The topological polar surface area (TPSA) is 31.4 Å². The predicted molar refractivity (Wildman–Crippen MR) is 95.7 cm³/mol. The largest absolute Gasteiger partial charge is 0.493 e. The van der Waals surface area contributed by atoms with Crippen LogP contribution in [0.25, 0.3) is 18.2 Å². The Morgan fingerprint density at radius 1 is 1.35 bits per heavy atom. The monoisotopic (exact) mass is 323 g/mol. The van der Waals surface area contributed by atoms with Crippen LogP contribution >= 0.6 is 11.3 Å². The fourth-order valence-corrected chi connectivity index (χ4v) is 3.34. The van der Waals surface area contributed by atoms with Crippen LogP contribution in [0.5, 0.6) is 11.5 Å². The van der Waals surface area contributed by atoms with Crippen molar-refractivity contribution < 1.29 is 9.47 Å². The second-order valence-corrected chi connectivity index (χ2v) is 6.15. The normalized spacial score (nSPS) is 12.9. The van der Waals surface area contributed by atoms with Gasteiger partial charge >= 0.3 is 0 Å². The third-order valence-electron chi connectivity index (χ3n) is 3.47. The molecule has 0 spiro atoms. The molecule has 1 heterocycles. The summed E-state index contributed by atoms with van der Waals surface area (Å²) in [5.41, 5.74) is 2.13. The quantitative estimate of drug-likeness (QED) is 0.769. The minimum atomic E-state index is 0.226. The summed E-state index contributed by atoms with van der Waals surface area (Å²) in [6.07, 6.45) is 15.8. The average Bonchev–Trinajstić information content (AvgIpc) is 3.01. The van der Waals surface area contributed by atoms with Gasteiger partial charge in [0.15, 0.2) is 11.5 Å². The van der Waals surface area contributed by atoms with E-state index in [-0.39, 0.29) is 6.61 Å². The Kier molecular flexibility index (Phi) is 4.80. The van der Waals surface area contributed by atoms with Crippen molar-refractivity contribution >= 4 is 29.6 Å². The molecule has 2 aromatic rings. The van der Waals surface area contributed by atoms with Crippen LogP contribution < -0.4 is 9.47 Å². The van der Waals surface area contributed by atoms with Crippen molar-refractivity contribution in [2.24, 2.45) is 0 Å². The van der Waals surface area contributed by atoms with Crippen molar-refractivity contribution in [2.45, 2.75) is 12.8 Å². The van der Waals surface area contributed by atoms with Gasteiger partial charge in [0.2, 0.25) is 0 Å². The van der Waals surface area contributed by atoms with Gasteiger partial charge in [-0.3, -0.25) is 0 Å². The molecule has 3 rings (SSSR count). The van der Waals surface area contributed by atoms with E-state index in [9.17, 15) is 0 Å². The standard InChI is InChI=1S/C19H17NO2S/c1-3-12-22-16-10-8-14(13-17(16)21-2)9-11-19-20-15-6-4-5-7-18(15)23-19/h1,4,6,8-11,13H,5,7,12H2,2H3/b11-9+. The summed E-state index contributed by atoms with van der Waals surface area (Å²) < 4.78 is 10.8. The van der Waals surface area contributed by atoms with Crippen LogP contribution in [-0.2, 0) is 6.42 Å². The van der Waals surface area contributed by atoms with E-state index < -0.39 is 0 Å². The van der Waals surface area contributed by atoms with Gasteiger partial charge in [-0.15, -0.1) is 17.8 Å². The Bertz CT molecular complexity index is 796. The fourth-order valence-electron chi connectivity index (χ4n) is 2.37. The summed E-state index contributed by atoms with van der Waals surface area (Å²) in [7, 11) is 1.62. The molecule has 0 atom stereocenters. The Morgan fingerprint density at radius 2 is 2.26 bits per heavy atom. The van der Waals surface area contributed by atoms with Gasteiger partial charge in [-0.1, -0.05) is 24.1 Å². The molecule has 1 aromatic carbocycles. The highest BCUT2D eigenvalue weighted by Crippen LogP contribution is 2.30. The first-order chi connectivity index (χ1) is 11.3. The highest BCUT2D eigenvalue weighted by molar-refractivity contribution is 7.12. The Morgan fingerprint density at radius 3 is 3.04 bits per heavy atom. The third-order valence-corrected chi connectivity index (χ3v) is 4.57. The minimum absolute atomic E-state index is 0.226. The number of aryl methyl sites for hydroxylation is 1. The number of thiazole rings is 1. The number of nitrogens with zero attached hydrogens (tertiary/aromatic N) is 1. The van der Waals surface area contributed by atoms with E-state index in [2.05, 4.69) is 23.1 Å². The smallest absolute Gasteiger partial charge is 0.162 e. The van der Waals surface area contributed by atoms with Crippen LogP contribution in [0.2, 0.25) is 0 Å². The van der Waals surface area contributed by atoms with Gasteiger partial charge < -0.3 is 9.47 Å². The maximum absolute atomic E-state index is 5.45. The average molecular weight is 323 g/mol. The molecular weight excluding hydrogens is 306 g/mol. The summed E-state index contributed by atoms with van der Waals surface area (Å²) in [6, 6.07) is 5.76. The Labute approximate surface area is 140 Å². The summed E-state index contributed by atoms with van der Waals surface area (Å²) in [4.78, 5) is 6.00. The van der Waals surface area contributed by atoms with Gasteiger partial charge in [0.05, 0.1) is 12.8 Å². The number of allylic oxidation sites excluding steroid dienone is 1. The zero-order chi connectivity index (χ0) is 16.1. The molecule has 116 valence electrons. The SMILES string of the molecule is C#CCOc1ccc(/C=C/c2nc3c(s2)CCC=C3)cc1OC. The molecule has 3 nitrogen and oxygen atoms in total. The van der Waals surface area contributed by atoms with Crippen LogP contribution in [0.1, 0.15) is 27.6 Å². The Hall–Kier alpha value is -2.51. The molecule has 0 fully saturated rings. The first-order valence-corrected chi connectivity index (χ1v) is 8.20. The van der Waals surface area contributed by atoms with Gasteiger partial charge in [0.1, 0.15) is 11.6 Å². The molecular formula is C19H17NO2S. The maximum Gasteiger partial charge on any atom is 0.162 e. The van der Waals surface area contributed by atoms with Gasteiger partial charge in [-0.25, -0.2) is 4.98 Å². The van der Waals surface area contributed by atoms with Crippen molar-refractivity contribution in [3.05, 3.63) is 45.4 Å². The first kappa shape index (κ1) is 15.4. The summed E-state index contributed by atoms with van der Waals surface area (Å²) >= 11 is 1.75. The van der Waals surface area contributed by atoms with Crippen LogP contribution in [0, 0.1) is 12.3 Å². The number of rotatable bonds is 5. The van der Waals surface area contributed by atoms with Gasteiger partial charge in [0.25, 0.3) is 0 Å². The van der Waals surface area contributed by atoms with Gasteiger partial charge in [-0.05, 0) is 42.7 Å². The van der Waals surface area contributed by atoms with Crippen molar-refractivity contribution in [1.29, 1.82) is 0 Å². The number of hydrogen-bond acceptors (Lipinski definition) is 4. The molecule has 4 heteroatoms. The molecule has 0 unspecified atom stereocenters. The summed E-state index contributed by atoms with van der Waals surface area (Å²) in [5, 5.41) is 1.02. The molecule has 1 aliphatic carbocycles. The van der Waals surface area contributed by atoms with Crippen molar-refractivity contribution in [3.8, 4) is 23.8 Å². The highest BCUT2D eigenvalue weighted by Gasteiger charge is 2.10. The predicted octanol–water partition coefficient (Wildman–Crippen LogP) is 4.29. The number of benzene rings is 1. The molecule has 1 aliphatic rings. The lowest BCUT2D eigenvalue weighted by atomic mass is 10.1. The van der Waals surface area contributed by atoms with Gasteiger partial charge in [-0.2, -0.15) is 0 Å². The lowest BCUT2D eigenvalue weighted by Gasteiger charge is -2.09. The molecule has 0 radical (unpaired) electrons. The molecule has 0 N–H and O–H groups in total. The summed E-state index contributed by atoms with van der Waals surface area (Å²) in [5.74, 6) is 3.77. The van der Waals surface area contributed by atoms with Gasteiger partial charge in [0, 0.05) is 4.88 Å². The molecule has 0 amide bonds. The first-order valence-electron chi connectivity index (χ1n) is 7.39. The van der Waals surface area contributed by atoms with E-state index in [1.807, 2.05) is 30.4 Å². The lowest BCUT2D eigenvalue weighted by Crippen LogP contribution is -1.96. The number of methoxy groups -OCH3 is 1. The van der Waals surface area contributed by atoms with E-state index in [4.69, 9.17) is 15.9 Å².